The molecule has 0 unspecified atom stereocenters. The lowest BCUT2D eigenvalue weighted by atomic mass is 10.1. The van der Waals surface area contributed by atoms with Crippen LogP contribution in [0, 0.1) is 0 Å². The van der Waals surface area contributed by atoms with E-state index < -0.39 is 10.0 Å². The highest BCUT2D eigenvalue weighted by atomic mass is 32.2. The second kappa shape index (κ2) is 8.86. The van der Waals surface area contributed by atoms with Crippen molar-refractivity contribution in [2.24, 2.45) is 0 Å². The molecular formula is C21H23N5O4S. The first-order valence-electron chi connectivity index (χ1n) is 9.96. The molecule has 0 atom stereocenters. The minimum absolute atomic E-state index is 0.122. The molecule has 9 nitrogen and oxygen atoms in total. The van der Waals surface area contributed by atoms with Crippen LogP contribution in [0.1, 0.15) is 17.3 Å². The molecule has 1 amide bonds. The molecule has 4 rings (SSSR count). The van der Waals surface area contributed by atoms with Gasteiger partial charge in [0.25, 0.3) is 5.91 Å². The van der Waals surface area contributed by atoms with E-state index in [0.717, 1.165) is 5.69 Å². The van der Waals surface area contributed by atoms with E-state index in [0.29, 0.717) is 31.0 Å². The van der Waals surface area contributed by atoms with Crippen molar-refractivity contribution in [3.8, 4) is 11.4 Å². The second-order valence-electron chi connectivity index (χ2n) is 6.99. The summed E-state index contributed by atoms with van der Waals surface area (Å²) in [5.41, 5.74) is 1.35. The lowest BCUT2D eigenvalue weighted by molar-refractivity contribution is 0.0698. The molecule has 1 aliphatic rings. The quantitative estimate of drug-likeness (QED) is 0.579. The lowest BCUT2D eigenvalue weighted by Crippen LogP contribution is -2.50. The summed E-state index contributed by atoms with van der Waals surface area (Å²) in [5.74, 6) is 0.509. The average molecular weight is 442 g/mol. The first-order chi connectivity index (χ1) is 15.0. The number of sulfonamides is 1. The van der Waals surface area contributed by atoms with Crippen LogP contribution in [0.3, 0.4) is 0 Å². The predicted octanol–water partition coefficient (Wildman–Crippen LogP) is 1.81. The van der Waals surface area contributed by atoms with Gasteiger partial charge in [0.05, 0.1) is 17.2 Å². The summed E-state index contributed by atoms with van der Waals surface area (Å²) in [4.78, 5) is 18.6. The van der Waals surface area contributed by atoms with Crippen LogP contribution in [0.5, 0.6) is 5.75 Å². The summed E-state index contributed by atoms with van der Waals surface area (Å²) in [6.07, 6.45) is 3.03. The lowest BCUT2D eigenvalue weighted by Gasteiger charge is -2.34. The minimum Gasteiger partial charge on any atom is -0.494 e. The Bertz CT molecular complexity index is 1120. The summed E-state index contributed by atoms with van der Waals surface area (Å²) in [7, 11) is -3.61. The van der Waals surface area contributed by atoms with Gasteiger partial charge in [-0.1, -0.05) is 0 Å². The molecule has 0 N–H and O–H groups in total. The zero-order valence-corrected chi connectivity index (χ0v) is 17.9. The molecule has 0 spiro atoms. The van der Waals surface area contributed by atoms with Gasteiger partial charge >= 0.3 is 0 Å². The molecule has 0 bridgehead atoms. The topological polar surface area (TPSA) is 97.6 Å². The summed E-state index contributed by atoms with van der Waals surface area (Å²) < 4.78 is 34.2. The van der Waals surface area contributed by atoms with Gasteiger partial charge in [-0.2, -0.15) is 9.40 Å². The van der Waals surface area contributed by atoms with Crippen LogP contribution >= 0.6 is 0 Å². The van der Waals surface area contributed by atoms with Gasteiger partial charge in [-0.15, -0.1) is 0 Å². The number of ether oxygens (including phenoxy) is 1. The number of aromatic nitrogens is 3. The first-order valence-corrected chi connectivity index (χ1v) is 11.4. The van der Waals surface area contributed by atoms with Crippen molar-refractivity contribution in [2.45, 2.75) is 11.8 Å². The third kappa shape index (κ3) is 4.44. The predicted molar refractivity (Wildman–Crippen MR) is 114 cm³/mol. The van der Waals surface area contributed by atoms with E-state index in [1.54, 1.807) is 64.4 Å². The van der Waals surface area contributed by atoms with E-state index in [-0.39, 0.29) is 23.9 Å². The van der Waals surface area contributed by atoms with Crippen molar-refractivity contribution in [1.29, 1.82) is 0 Å². The molecule has 1 fully saturated rings. The van der Waals surface area contributed by atoms with Crippen molar-refractivity contribution in [3.63, 3.8) is 0 Å². The van der Waals surface area contributed by atoms with Gasteiger partial charge in [0.15, 0.2) is 0 Å². The molecule has 10 heteroatoms. The Labute approximate surface area is 180 Å². The number of piperazine rings is 1. The third-order valence-corrected chi connectivity index (χ3v) is 7.01. The fourth-order valence-electron chi connectivity index (χ4n) is 3.44. The Balaban J connectivity index is 1.39. The molecule has 1 aromatic heterocycles. The number of hydrogen-bond acceptors (Lipinski definition) is 6. The molecule has 1 saturated heterocycles. The van der Waals surface area contributed by atoms with E-state index in [9.17, 15) is 13.2 Å². The molecule has 3 aromatic rings. The fourth-order valence-corrected chi connectivity index (χ4v) is 4.86. The molecule has 1 aliphatic heterocycles. The summed E-state index contributed by atoms with van der Waals surface area (Å²) in [6.45, 7) is 3.55. The maximum Gasteiger partial charge on any atom is 0.253 e. The van der Waals surface area contributed by atoms with Gasteiger partial charge in [-0.25, -0.2) is 18.1 Å². The van der Waals surface area contributed by atoms with Crippen molar-refractivity contribution < 1.29 is 17.9 Å². The zero-order chi connectivity index (χ0) is 21.8. The smallest absolute Gasteiger partial charge is 0.253 e. The van der Waals surface area contributed by atoms with Crippen LogP contribution in [0.2, 0.25) is 0 Å². The molecule has 2 heterocycles. The average Bonchev–Trinajstić information content (AvgIpc) is 3.34. The number of hydrogen-bond donors (Lipinski definition) is 0. The zero-order valence-electron chi connectivity index (χ0n) is 17.1. The van der Waals surface area contributed by atoms with Crippen LogP contribution in [0.4, 0.5) is 0 Å². The molecule has 2 aromatic carbocycles. The molecule has 162 valence electrons. The first kappa shape index (κ1) is 21.0. The number of amides is 1. The SMILES string of the molecule is CCOc1ccc(S(=O)(=O)N2CCN(C(=O)c3ccc(-n4cncn4)cc3)CC2)cc1. The van der Waals surface area contributed by atoms with Gasteiger partial charge in [-0.3, -0.25) is 4.79 Å². The standard InChI is InChI=1S/C21H23N5O4S/c1-2-30-19-7-9-20(10-8-19)31(28,29)25-13-11-24(12-14-25)21(27)17-3-5-18(6-4-17)26-16-22-15-23-26/h3-10,15-16H,2,11-14H2,1H3. The number of nitrogens with zero attached hydrogens (tertiary/aromatic N) is 5. The van der Waals surface area contributed by atoms with Gasteiger partial charge < -0.3 is 9.64 Å². The summed E-state index contributed by atoms with van der Waals surface area (Å²) >= 11 is 0. The highest BCUT2D eigenvalue weighted by molar-refractivity contribution is 7.89. The van der Waals surface area contributed by atoms with Gasteiger partial charge in [0, 0.05) is 31.7 Å². The van der Waals surface area contributed by atoms with E-state index >= 15 is 0 Å². The van der Waals surface area contributed by atoms with Gasteiger partial charge in [-0.05, 0) is 55.5 Å². The highest BCUT2D eigenvalue weighted by Gasteiger charge is 2.30. The van der Waals surface area contributed by atoms with Crippen molar-refractivity contribution >= 4 is 15.9 Å². The van der Waals surface area contributed by atoms with Crippen LogP contribution in [0.25, 0.3) is 5.69 Å². The summed E-state index contributed by atoms with van der Waals surface area (Å²) in [5, 5.41) is 4.06. The fraction of sp³-hybridized carbons (Fsp3) is 0.286. The van der Waals surface area contributed by atoms with Gasteiger partial charge in [0.1, 0.15) is 18.4 Å². The maximum absolute atomic E-state index is 12.9. The Morgan fingerprint density at radius 1 is 1.00 bits per heavy atom. The molecule has 0 aliphatic carbocycles. The summed E-state index contributed by atoms with van der Waals surface area (Å²) in [6, 6.07) is 13.5. The van der Waals surface area contributed by atoms with E-state index in [1.807, 2.05) is 6.92 Å². The van der Waals surface area contributed by atoms with Crippen LogP contribution in [0.15, 0.2) is 66.1 Å². The maximum atomic E-state index is 12.9. The highest BCUT2D eigenvalue weighted by Crippen LogP contribution is 2.21. The van der Waals surface area contributed by atoms with Crippen molar-refractivity contribution in [1.82, 2.24) is 24.0 Å². The largest absolute Gasteiger partial charge is 0.494 e. The van der Waals surface area contributed by atoms with Crippen LogP contribution in [-0.2, 0) is 10.0 Å². The van der Waals surface area contributed by atoms with E-state index in [4.69, 9.17) is 4.74 Å². The molecule has 0 radical (unpaired) electrons. The van der Waals surface area contributed by atoms with Crippen molar-refractivity contribution in [2.75, 3.05) is 32.8 Å². The molecular weight excluding hydrogens is 418 g/mol. The second-order valence-corrected chi connectivity index (χ2v) is 8.93. The van der Waals surface area contributed by atoms with Crippen LogP contribution in [-0.4, -0.2) is 71.1 Å². The number of carbonyl (C=O) groups is 1. The van der Waals surface area contributed by atoms with Crippen LogP contribution < -0.4 is 4.74 Å². The molecule has 31 heavy (non-hydrogen) atoms. The number of benzene rings is 2. The monoisotopic (exact) mass is 441 g/mol. The molecule has 0 saturated carbocycles. The Hall–Kier alpha value is -3.24. The van der Waals surface area contributed by atoms with Crippen molar-refractivity contribution in [3.05, 3.63) is 66.7 Å². The number of rotatable bonds is 6. The minimum atomic E-state index is -3.61. The Morgan fingerprint density at radius 2 is 1.68 bits per heavy atom. The number of carbonyl (C=O) groups excluding carboxylic acids is 1. The van der Waals surface area contributed by atoms with E-state index in [1.165, 1.54) is 10.6 Å². The van der Waals surface area contributed by atoms with E-state index in [2.05, 4.69) is 10.1 Å². The normalized spacial score (nSPS) is 15.1. The Kier molecular flexibility index (Phi) is 6.01. The Morgan fingerprint density at radius 3 is 2.26 bits per heavy atom. The van der Waals surface area contributed by atoms with Gasteiger partial charge in [0.2, 0.25) is 10.0 Å². The third-order valence-electron chi connectivity index (χ3n) is 5.10.